The van der Waals surface area contributed by atoms with E-state index in [1.165, 1.54) is 0 Å². The summed E-state index contributed by atoms with van der Waals surface area (Å²) in [5.74, 6) is 0.567. The van der Waals surface area contributed by atoms with Crippen molar-refractivity contribution in [2.75, 3.05) is 0 Å². The van der Waals surface area contributed by atoms with Gasteiger partial charge < -0.3 is 0 Å². The van der Waals surface area contributed by atoms with Gasteiger partial charge in [0.05, 0.1) is 15.9 Å². The van der Waals surface area contributed by atoms with Crippen LogP contribution in [0.5, 0.6) is 0 Å². The second-order valence-electron chi connectivity index (χ2n) is 4.89. The van der Waals surface area contributed by atoms with Crippen molar-refractivity contribution in [3.63, 3.8) is 0 Å². The smallest absolute Gasteiger partial charge is 0.161 e. The molecule has 0 aliphatic heterocycles. The summed E-state index contributed by atoms with van der Waals surface area (Å²) in [4.78, 5) is 8.99. The van der Waals surface area contributed by atoms with Gasteiger partial charge in [0.2, 0.25) is 0 Å². The Labute approximate surface area is 137 Å². The lowest BCUT2D eigenvalue weighted by Crippen LogP contribution is -1.95. The van der Waals surface area contributed by atoms with Crippen LogP contribution in [0.2, 0.25) is 15.2 Å². The highest BCUT2D eigenvalue weighted by Crippen LogP contribution is 2.32. The largest absolute Gasteiger partial charge is 0.228 e. The van der Waals surface area contributed by atoms with Crippen LogP contribution in [0.25, 0.3) is 22.3 Å². The highest BCUT2D eigenvalue weighted by Gasteiger charge is 2.13. The molecule has 0 aliphatic rings. The molecule has 2 nitrogen and oxygen atoms in total. The zero-order chi connectivity index (χ0) is 15.1. The van der Waals surface area contributed by atoms with Crippen molar-refractivity contribution in [2.24, 2.45) is 0 Å². The number of aromatic nitrogens is 2. The summed E-state index contributed by atoms with van der Waals surface area (Å²) >= 11 is 18.6. The number of rotatable bonds is 1. The number of hydrogen-bond donors (Lipinski definition) is 0. The molecule has 0 radical (unpaired) electrons. The van der Waals surface area contributed by atoms with Gasteiger partial charge in [0.1, 0.15) is 5.15 Å². The third kappa shape index (κ3) is 2.59. The van der Waals surface area contributed by atoms with Crippen LogP contribution in [0.4, 0.5) is 0 Å². The molecule has 0 fully saturated rings. The van der Waals surface area contributed by atoms with Crippen LogP contribution in [0.1, 0.15) is 11.1 Å². The van der Waals surface area contributed by atoms with Gasteiger partial charge in [0.25, 0.3) is 0 Å². The van der Waals surface area contributed by atoms with E-state index in [0.717, 1.165) is 22.2 Å². The number of fused-ring (bicyclic) bond motifs is 1. The molecule has 0 amide bonds. The van der Waals surface area contributed by atoms with E-state index in [4.69, 9.17) is 34.8 Å². The maximum Gasteiger partial charge on any atom is 0.161 e. The molecule has 0 aliphatic carbocycles. The first-order valence-electron chi connectivity index (χ1n) is 6.36. The molecule has 0 saturated heterocycles. The van der Waals surface area contributed by atoms with Gasteiger partial charge in [-0.3, -0.25) is 0 Å². The summed E-state index contributed by atoms with van der Waals surface area (Å²) in [7, 11) is 0. The molecule has 1 aromatic heterocycles. The Kier molecular flexibility index (Phi) is 3.78. The van der Waals surface area contributed by atoms with Crippen LogP contribution >= 0.6 is 34.8 Å². The third-order valence-corrected chi connectivity index (χ3v) is 4.39. The summed E-state index contributed by atoms with van der Waals surface area (Å²) in [6.07, 6.45) is 0. The third-order valence-electron chi connectivity index (χ3n) is 3.37. The van der Waals surface area contributed by atoms with Gasteiger partial charge in [-0.2, -0.15) is 0 Å². The van der Waals surface area contributed by atoms with Crippen LogP contribution in [0.3, 0.4) is 0 Å². The number of aryl methyl sites for hydroxylation is 2. The Morgan fingerprint density at radius 2 is 1.52 bits per heavy atom. The minimum absolute atomic E-state index is 0.358. The first-order chi connectivity index (χ1) is 9.97. The molecule has 21 heavy (non-hydrogen) atoms. The van der Waals surface area contributed by atoms with Crippen molar-refractivity contribution in [2.45, 2.75) is 13.8 Å². The van der Waals surface area contributed by atoms with E-state index < -0.39 is 0 Å². The molecule has 0 atom stereocenters. The minimum atomic E-state index is 0.358. The summed E-state index contributed by atoms with van der Waals surface area (Å²) in [6.45, 7) is 3.91. The molecule has 0 unspecified atom stereocenters. The summed E-state index contributed by atoms with van der Waals surface area (Å²) < 4.78 is 0. The van der Waals surface area contributed by atoms with Crippen molar-refractivity contribution >= 4 is 45.7 Å². The highest BCUT2D eigenvalue weighted by molar-refractivity contribution is 6.41. The summed E-state index contributed by atoms with van der Waals surface area (Å²) in [5, 5.41) is 2.31. The topological polar surface area (TPSA) is 25.8 Å². The maximum absolute atomic E-state index is 6.30. The SMILES string of the molecule is Cc1cc(-c2nc(Cl)c3c(Cl)ccc(C)c3n2)ccc1Cl. The number of halogens is 3. The molecule has 0 bridgehead atoms. The Bertz CT molecular complexity index is 860. The highest BCUT2D eigenvalue weighted by atomic mass is 35.5. The van der Waals surface area contributed by atoms with Crippen molar-refractivity contribution in [1.82, 2.24) is 9.97 Å². The van der Waals surface area contributed by atoms with Crippen molar-refractivity contribution < 1.29 is 0 Å². The van der Waals surface area contributed by atoms with Crippen molar-refractivity contribution in [1.29, 1.82) is 0 Å². The van der Waals surface area contributed by atoms with Crippen LogP contribution in [0, 0.1) is 13.8 Å². The molecule has 2 aromatic carbocycles. The van der Waals surface area contributed by atoms with Gasteiger partial charge in [-0.15, -0.1) is 0 Å². The number of hydrogen-bond acceptors (Lipinski definition) is 2. The van der Waals surface area contributed by atoms with Gasteiger partial charge in [-0.05, 0) is 49.2 Å². The second-order valence-corrected chi connectivity index (χ2v) is 6.06. The fraction of sp³-hybridized carbons (Fsp3) is 0.125. The van der Waals surface area contributed by atoms with Gasteiger partial charge in [0.15, 0.2) is 5.82 Å². The molecule has 3 rings (SSSR count). The monoisotopic (exact) mass is 336 g/mol. The lowest BCUT2D eigenvalue weighted by molar-refractivity contribution is 1.21. The predicted molar refractivity (Wildman–Crippen MR) is 89.5 cm³/mol. The van der Waals surface area contributed by atoms with E-state index in [1.54, 1.807) is 6.07 Å². The van der Waals surface area contributed by atoms with Gasteiger partial charge in [-0.1, -0.05) is 40.9 Å². The average molecular weight is 338 g/mol. The lowest BCUT2D eigenvalue weighted by atomic mass is 10.1. The molecule has 0 spiro atoms. The molecular formula is C16H11Cl3N2. The second kappa shape index (κ2) is 5.45. The fourth-order valence-electron chi connectivity index (χ4n) is 2.20. The lowest BCUT2D eigenvalue weighted by Gasteiger charge is -2.09. The molecule has 0 N–H and O–H groups in total. The van der Waals surface area contributed by atoms with Gasteiger partial charge >= 0.3 is 0 Å². The number of nitrogens with zero attached hydrogens (tertiary/aromatic N) is 2. The quantitative estimate of drug-likeness (QED) is 0.519. The predicted octanol–water partition coefficient (Wildman–Crippen LogP) is 5.87. The Hall–Kier alpha value is -1.35. The first kappa shape index (κ1) is 14.6. The zero-order valence-corrected chi connectivity index (χ0v) is 13.7. The maximum atomic E-state index is 6.30. The van der Waals surface area contributed by atoms with E-state index >= 15 is 0 Å². The molecule has 5 heteroatoms. The van der Waals surface area contributed by atoms with E-state index in [9.17, 15) is 0 Å². The van der Waals surface area contributed by atoms with E-state index in [2.05, 4.69) is 9.97 Å². The molecule has 106 valence electrons. The summed E-state index contributed by atoms with van der Waals surface area (Å²) in [6, 6.07) is 9.39. The molecule has 1 heterocycles. The molecule has 3 aromatic rings. The van der Waals surface area contributed by atoms with E-state index in [1.807, 2.05) is 38.1 Å². The Balaban J connectivity index is 2.30. The van der Waals surface area contributed by atoms with Gasteiger partial charge in [-0.25, -0.2) is 9.97 Å². The fourth-order valence-corrected chi connectivity index (χ4v) is 2.88. The van der Waals surface area contributed by atoms with Crippen LogP contribution < -0.4 is 0 Å². The van der Waals surface area contributed by atoms with Crippen LogP contribution in [0.15, 0.2) is 30.3 Å². The Morgan fingerprint density at radius 1 is 0.810 bits per heavy atom. The molecule has 0 saturated carbocycles. The Morgan fingerprint density at radius 3 is 2.24 bits per heavy atom. The number of benzene rings is 2. The van der Waals surface area contributed by atoms with Crippen molar-refractivity contribution in [3.05, 3.63) is 56.7 Å². The van der Waals surface area contributed by atoms with Crippen LogP contribution in [-0.4, -0.2) is 9.97 Å². The van der Waals surface area contributed by atoms with Gasteiger partial charge in [0, 0.05) is 10.6 Å². The zero-order valence-electron chi connectivity index (χ0n) is 11.4. The average Bonchev–Trinajstić information content (AvgIpc) is 2.45. The first-order valence-corrected chi connectivity index (χ1v) is 7.49. The standard InChI is InChI=1S/C16H11Cl3N2/c1-8-3-5-12(18)13-14(8)20-16(21-15(13)19)10-4-6-11(17)9(2)7-10/h3-7H,1-2H3. The summed E-state index contributed by atoms with van der Waals surface area (Å²) in [5.41, 5.74) is 3.62. The van der Waals surface area contributed by atoms with E-state index in [-0.39, 0.29) is 0 Å². The van der Waals surface area contributed by atoms with Crippen LogP contribution in [-0.2, 0) is 0 Å². The normalized spacial score (nSPS) is 11.1. The van der Waals surface area contributed by atoms with Crippen molar-refractivity contribution in [3.8, 4) is 11.4 Å². The molecular weight excluding hydrogens is 327 g/mol. The minimum Gasteiger partial charge on any atom is -0.228 e. The van der Waals surface area contributed by atoms with E-state index in [0.29, 0.717) is 26.4 Å².